The van der Waals surface area contributed by atoms with E-state index in [1.54, 1.807) is 13.2 Å². The lowest BCUT2D eigenvalue weighted by atomic mass is 10.2. The Morgan fingerprint density at radius 3 is 2.60 bits per heavy atom. The fourth-order valence-corrected chi connectivity index (χ4v) is 2.01. The summed E-state index contributed by atoms with van der Waals surface area (Å²) in [5.41, 5.74) is 0.0897. The van der Waals surface area contributed by atoms with Gasteiger partial charge in [-0.1, -0.05) is 6.92 Å². The fourth-order valence-electron chi connectivity index (χ4n) is 2.01. The van der Waals surface area contributed by atoms with Crippen molar-refractivity contribution in [1.82, 2.24) is 19.4 Å². The molecule has 114 valence electrons. The third-order valence-electron chi connectivity index (χ3n) is 3.82. The highest BCUT2D eigenvalue weighted by Gasteiger charge is 2.08. The zero-order valence-corrected chi connectivity index (χ0v) is 13.1. The van der Waals surface area contributed by atoms with Crippen LogP contribution in [0.2, 0.25) is 0 Å². The number of rotatable bonds is 7. The number of aryl methyl sites for hydroxylation is 1. The van der Waals surface area contributed by atoms with E-state index >= 15 is 0 Å². The van der Waals surface area contributed by atoms with E-state index in [0.29, 0.717) is 18.2 Å². The van der Waals surface area contributed by atoms with E-state index in [4.69, 9.17) is 0 Å². The summed E-state index contributed by atoms with van der Waals surface area (Å²) in [7, 11) is 5.26. The molecule has 0 spiro atoms. The van der Waals surface area contributed by atoms with Crippen LogP contribution in [0.15, 0.2) is 15.8 Å². The lowest BCUT2D eigenvalue weighted by molar-refractivity contribution is 0.251. The van der Waals surface area contributed by atoms with Crippen molar-refractivity contribution in [2.24, 2.45) is 14.1 Å². The predicted octanol–water partition coefficient (Wildman–Crippen LogP) is -0.0961. The summed E-state index contributed by atoms with van der Waals surface area (Å²) in [5, 5.41) is 3.26. The molecule has 0 aliphatic carbocycles. The zero-order chi connectivity index (χ0) is 15.3. The summed E-state index contributed by atoms with van der Waals surface area (Å²) in [6, 6.07) is 0.558. The molecule has 1 N–H and O–H groups in total. The van der Waals surface area contributed by atoms with Crippen LogP contribution < -0.4 is 16.6 Å². The van der Waals surface area contributed by atoms with Crippen LogP contribution in [0.1, 0.15) is 25.8 Å². The van der Waals surface area contributed by atoms with E-state index in [0.717, 1.165) is 24.1 Å². The van der Waals surface area contributed by atoms with Crippen molar-refractivity contribution in [3.63, 3.8) is 0 Å². The molecule has 6 nitrogen and oxygen atoms in total. The Morgan fingerprint density at radius 2 is 2.00 bits per heavy atom. The maximum absolute atomic E-state index is 11.9. The Kier molecular flexibility index (Phi) is 6.16. The maximum atomic E-state index is 11.9. The Balaban J connectivity index is 2.56. The molecule has 0 radical (unpaired) electrons. The second kappa shape index (κ2) is 7.40. The fraction of sp³-hybridized carbons (Fsp3) is 0.714. The Bertz CT molecular complexity index is 547. The highest BCUT2D eigenvalue weighted by Crippen LogP contribution is 1.98. The number of aromatic nitrogens is 2. The zero-order valence-electron chi connectivity index (χ0n) is 13.1. The summed E-state index contributed by atoms with van der Waals surface area (Å²) in [6.07, 6.45) is 2.73. The Morgan fingerprint density at radius 1 is 1.35 bits per heavy atom. The summed E-state index contributed by atoms with van der Waals surface area (Å²) in [4.78, 5) is 25.8. The lowest BCUT2D eigenvalue weighted by Gasteiger charge is -2.23. The van der Waals surface area contributed by atoms with Crippen LogP contribution >= 0.6 is 0 Å². The molecule has 0 amide bonds. The second-order valence-electron chi connectivity index (χ2n) is 5.33. The van der Waals surface area contributed by atoms with Gasteiger partial charge in [-0.15, -0.1) is 0 Å². The van der Waals surface area contributed by atoms with E-state index in [1.165, 1.54) is 11.6 Å². The Labute approximate surface area is 120 Å². The number of hydrogen-bond acceptors (Lipinski definition) is 4. The van der Waals surface area contributed by atoms with Crippen molar-refractivity contribution in [3.05, 3.63) is 32.6 Å². The van der Waals surface area contributed by atoms with Gasteiger partial charge < -0.3 is 14.8 Å². The lowest BCUT2D eigenvalue weighted by Crippen LogP contribution is -2.40. The molecule has 20 heavy (non-hydrogen) atoms. The van der Waals surface area contributed by atoms with Crippen molar-refractivity contribution >= 4 is 0 Å². The van der Waals surface area contributed by atoms with Crippen LogP contribution in [0.5, 0.6) is 0 Å². The molecule has 1 unspecified atom stereocenters. The van der Waals surface area contributed by atoms with Crippen molar-refractivity contribution in [2.45, 2.75) is 32.9 Å². The first-order valence-electron chi connectivity index (χ1n) is 7.05. The smallest absolute Gasteiger partial charge is 0.311 e. The summed E-state index contributed by atoms with van der Waals surface area (Å²) in [6.45, 7) is 6.59. The van der Waals surface area contributed by atoms with Crippen molar-refractivity contribution in [3.8, 4) is 0 Å². The molecule has 0 aromatic carbocycles. The van der Waals surface area contributed by atoms with Crippen LogP contribution in [-0.2, 0) is 20.6 Å². The molecule has 1 rings (SSSR count). The summed E-state index contributed by atoms with van der Waals surface area (Å²) >= 11 is 0. The first-order chi connectivity index (χ1) is 9.38. The molecule has 0 bridgehead atoms. The Hall–Kier alpha value is -1.40. The van der Waals surface area contributed by atoms with Gasteiger partial charge in [0.05, 0.1) is 0 Å². The molecule has 0 saturated carbocycles. The third-order valence-corrected chi connectivity index (χ3v) is 3.82. The predicted molar refractivity (Wildman–Crippen MR) is 81.0 cm³/mol. The topological polar surface area (TPSA) is 59.3 Å². The number of nitrogens with one attached hydrogen (secondary N) is 1. The molecule has 0 fully saturated rings. The van der Waals surface area contributed by atoms with Crippen LogP contribution in [-0.4, -0.2) is 40.2 Å². The molecule has 1 atom stereocenters. The maximum Gasteiger partial charge on any atom is 0.330 e. The normalized spacial score (nSPS) is 12.9. The standard InChI is InChI=1S/C14H26N4O2/c1-6-11(2)16(3)8-7-15-9-12-10-17(4)14(20)18(5)13(12)19/h10-11,15H,6-9H2,1-5H3. The van der Waals surface area contributed by atoms with Gasteiger partial charge in [0.15, 0.2) is 0 Å². The SMILES string of the molecule is CCC(C)N(C)CCNCc1cn(C)c(=O)n(C)c1=O. The average Bonchev–Trinajstić information content (AvgIpc) is 2.45. The largest absolute Gasteiger partial charge is 0.330 e. The van der Waals surface area contributed by atoms with Crippen LogP contribution in [0, 0.1) is 0 Å². The minimum absolute atomic E-state index is 0.226. The summed E-state index contributed by atoms with van der Waals surface area (Å²) in [5.74, 6) is 0. The van der Waals surface area contributed by atoms with Crippen LogP contribution in [0.4, 0.5) is 0 Å². The highest BCUT2D eigenvalue weighted by molar-refractivity contribution is 5.05. The summed E-state index contributed by atoms with van der Waals surface area (Å²) < 4.78 is 2.58. The molecule has 1 heterocycles. The molecule has 0 aliphatic heterocycles. The van der Waals surface area contributed by atoms with E-state index < -0.39 is 0 Å². The van der Waals surface area contributed by atoms with Gasteiger partial charge in [0.1, 0.15) is 0 Å². The molecular weight excluding hydrogens is 256 g/mol. The van der Waals surface area contributed by atoms with Crippen LogP contribution in [0.3, 0.4) is 0 Å². The second-order valence-corrected chi connectivity index (χ2v) is 5.33. The first kappa shape index (κ1) is 16.7. The quantitative estimate of drug-likeness (QED) is 0.710. The van der Waals surface area contributed by atoms with Crippen molar-refractivity contribution < 1.29 is 0 Å². The minimum Gasteiger partial charge on any atom is -0.311 e. The number of nitrogens with zero attached hydrogens (tertiary/aromatic N) is 3. The average molecular weight is 282 g/mol. The third kappa shape index (κ3) is 4.05. The molecule has 6 heteroatoms. The van der Waals surface area contributed by atoms with Crippen molar-refractivity contribution in [1.29, 1.82) is 0 Å². The molecule has 0 aliphatic rings. The van der Waals surface area contributed by atoms with Gasteiger partial charge in [-0.2, -0.15) is 0 Å². The van der Waals surface area contributed by atoms with E-state index in [-0.39, 0.29) is 11.2 Å². The molecule has 1 aromatic heterocycles. The van der Waals surface area contributed by atoms with E-state index in [2.05, 4.69) is 31.1 Å². The van der Waals surface area contributed by atoms with Gasteiger partial charge in [-0.05, 0) is 20.4 Å². The molecule has 1 aromatic rings. The van der Waals surface area contributed by atoms with Gasteiger partial charge in [0.25, 0.3) is 5.56 Å². The van der Waals surface area contributed by atoms with Crippen molar-refractivity contribution in [2.75, 3.05) is 20.1 Å². The molecule has 0 saturated heterocycles. The van der Waals surface area contributed by atoms with Gasteiger partial charge in [-0.3, -0.25) is 9.36 Å². The molecular formula is C14H26N4O2. The van der Waals surface area contributed by atoms with Gasteiger partial charge in [0.2, 0.25) is 0 Å². The monoisotopic (exact) mass is 282 g/mol. The minimum atomic E-state index is -0.296. The highest BCUT2D eigenvalue weighted by atomic mass is 16.2. The number of likely N-dealkylation sites (N-methyl/N-ethyl adjacent to an activating group) is 1. The van der Waals surface area contributed by atoms with Gasteiger partial charge in [-0.25, -0.2) is 4.79 Å². The van der Waals surface area contributed by atoms with Crippen LogP contribution in [0.25, 0.3) is 0 Å². The first-order valence-corrected chi connectivity index (χ1v) is 7.05. The van der Waals surface area contributed by atoms with E-state index in [1.807, 2.05) is 0 Å². The van der Waals surface area contributed by atoms with Gasteiger partial charge in [0, 0.05) is 51.5 Å². The van der Waals surface area contributed by atoms with Gasteiger partial charge >= 0.3 is 5.69 Å². The number of hydrogen-bond donors (Lipinski definition) is 1. The van der Waals surface area contributed by atoms with E-state index in [9.17, 15) is 9.59 Å².